The number of nitrogens with zero attached hydrogens (tertiary/aromatic N) is 1. The normalized spacial score (nSPS) is 15.7. The number of fused-ring (bicyclic) bond motifs is 1. The summed E-state index contributed by atoms with van der Waals surface area (Å²) in [6, 6.07) is 13.8. The maximum atomic E-state index is 13.3. The molecule has 0 amide bonds. The molecule has 1 N–H and O–H groups in total. The van der Waals surface area contributed by atoms with Gasteiger partial charge in [0.15, 0.2) is 0 Å². The van der Waals surface area contributed by atoms with Crippen LogP contribution in [0.4, 0.5) is 10.1 Å². The van der Waals surface area contributed by atoms with Crippen molar-refractivity contribution in [2.45, 2.75) is 46.4 Å². The van der Waals surface area contributed by atoms with Crippen molar-refractivity contribution in [2.24, 2.45) is 5.92 Å². The van der Waals surface area contributed by atoms with Crippen molar-refractivity contribution in [3.63, 3.8) is 0 Å². The highest BCUT2D eigenvalue weighted by Crippen LogP contribution is 2.32. The molecule has 0 aromatic heterocycles. The van der Waals surface area contributed by atoms with Crippen LogP contribution in [0.2, 0.25) is 0 Å². The minimum Gasteiger partial charge on any atom is -0.381 e. The van der Waals surface area contributed by atoms with Gasteiger partial charge < -0.3 is 5.32 Å². The topological polar surface area (TPSA) is 15.3 Å². The quantitative estimate of drug-likeness (QED) is 0.853. The second-order valence-electron chi connectivity index (χ2n) is 6.82. The smallest absolute Gasteiger partial charge is 0.123 e. The molecule has 3 rings (SSSR count). The molecule has 122 valence electrons. The third-order valence-corrected chi connectivity index (χ3v) is 4.92. The van der Waals surface area contributed by atoms with Crippen molar-refractivity contribution in [3.8, 4) is 0 Å². The minimum absolute atomic E-state index is 0.181. The Morgan fingerprint density at radius 1 is 1.09 bits per heavy atom. The predicted octanol–water partition coefficient (Wildman–Crippen LogP) is 4.80. The molecular formula is C20H25FN2. The molecule has 2 aromatic carbocycles. The Labute approximate surface area is 138 Å². The third kappa shape index (κ3) is 3.56. The van der Waals surface area contributed by atoms with E-state index in [2.05, 4.69) is 49.2 Å². The molecule has 0 bridgehead atoms. The van der Waals surface area contributed by atoms with Gasteiger partial charge >= 0.3 is 0 Å². The minimum atomic E-state index is -0.181. The monoisotopic (exact) mass is 312 g/mol. The Balaban J connectivity index is 1.73. The summed E-state index contributed by atoms with van der Waals surface area (Å²) in [7, 11) is 0. The number of hydrogen-bond acceptors (Lipinski definition) is 2. The SMILES string of the molecule is CC(C)C(C)N1Cc2cccc(NCc3cccc(F)c3)c2C1. The Kier molecular flexibility index (Phi) is 4.67. The summed E-state index contributed by atoms with van der Waals surface area (Å²) < 4.78 is 13.3. The van der Waals surface area contributed by atoms with Gasteiger partial charge in [-0.3, -0.25) is 4.90 Å². The van der Waals surface area contributed by atoms with Gasteiger partial charge in [0.25, 0.3) is 0 Å². The van der Waals surface area contributed by atoms with Gasteiger partial charge in [0.1, 0.15) is 5.82 Å². The summed E-state index contributed by atoms with van der Waals surface area (Å²) in [6.45, 7) is 9.50. The Morgan fingerprint density at radius 3 is 2.61 bits per heavy atom. The highest BCUT2D eigenvalue weighted by atomic mass is 19.1. The van der Waals surface area contributed by atoms with Crippen LogP contribution in [0.25, 0.3) is 0 Å². The molecule has 0 fully saturated rings. The summed E-state index contributed by atoms with van der Waals surface area (Å²) in [5.74, 6) is 0.465. The molecule has 1 aliphatic heterocycles. The van der Waals surface area contributed by atoms with Crippen LogP contribution in [0.5, 0.6) is 0 Å². The molecule has 3 heteroatoms. The first-order chi connectivity index (χ1) is 11.0. The second-order valence-corrected chi connectivity index (χ2v) is 6.82. The highest BCUT2D eigenvalue weighted by Gasteiger charge is 2.26. The van der Waals surface area contributed by atoms with E-state index in [4.69, 9.17) is 0 Å². The van der Waals surface area contributed by atoms with E-state index in [1.165, 1.54) is 22.9 Å². The standard InChI is InChI=1S/C20H25FN2/c1-14(2)15(3)23-12-17-7-5-9-20(19(17)13-23)22-11-16-6-4-8-18(21)10-16/h4-10,14-15,22H,11-13H2,1-3H3. The van der Waals surface area contributed by atoms with Crippen LogP contribution in [0, 0.1) is 11.7 Å². The average molecular weight is 312 g/mol. The zero-order chi connectivity index (χ0) is 16.4. The van der Waals surface area contributed by atoms with E-state index in [-0.39, 0.29) is 5.82 Å². The van der Waals surface area contributed by atoms with E-state index in [0.717, 1.165) is 18.7 Å². The molecule has 1 heterocycles. The van der Waals surface area contributed by atoms with Crippen LogP contribution in [0.3, 0.4) is 0 Å². The van der Waals surface area contributed by atoms with Gasteiger partial charge in [-0.2, -0.15) is 0 Å². The van der Waals surface area contributed by atoms with Gasteiger partial charge in [0.05, 0.1) is 0 Å². The maximum Gasteiger partial charge on any atom is 0.123 e. The first-order valence-corrected chi connectivity index (χ1v) is 8.37. The van der Waals surface area contributed by atoms with E-state index in [1.54, 1.807) is 12.1 Å². The number of hydrogen-bond donors (Lipinski definition) is 1. The zero-order valence-corrected chi connectivity index (χ0v) is 14.1. The van der Waals surface area contributed by atoms with Crippen LogP contribution in [0.1, 0.15) is 37.5 Å². The summed E-state index contributed by atoms with van der Waals surface area (Å²) in [4.78, 5) is 2.53. The number of rotatable bonds is 5. The van der Waals surface area contributed by atoms with Crippen LogP contribution in [0.15, 0.2) is 42.5 Å². The van der Waals surface area contributed by atoms with Crippen LogP contribution < -0.4 is 5.32 Å². The van der Waals surface area contributed by atoms with Crippen molar-refractivity contribution in [3.05, 3.63) is 65.0 Å². The lowest BCUT2D eigenvalue weighted by Crippen LogP contribution is -2.32. The fourth-order valence-electron chi connectivity index (χ4n) is 3.17. The molecule has 0 spiro atoms. The molecule has 1 aliphatic rings. The zero-order valence-electron chi connectivity index (χ0n) is 14.1. The second kappa shape index (κ2) is 6.71. The lowest BCUT2D eigenvalue weighted by molar-refractivity contribution is 0.170. The molecular weight excluding hydrogens is 287 g/mol. The van der Waals surface area contributed by atoms with E-state index in [1.807, 2.05) is 6.07 Å². The average Bonchev–Trinajstić information content (AvgIpc) is 2.96. The predicted molar refractivity (Wildman–Crippen MR) is 93.7 cm³/mol. The van der Waals surface area contributed by atoms with E-state index < -0.39 is 0 Å². The fraction of sp³-hybridized carbons (Fsp3) is 0.400. The van der Waals surface area contributed by atoms with Gasteiger partial charge in [0.2, 0.25) is 0 Å². The van der Waals surface area contributed by atoms with E-state index >= 15 is 0 Å². The fourth-order valence-corrected chi connectivity index (χ4v) is 3.17. The highest BCUT2D eigenvalue weighted by molar-refractivity contribution is 5.56. The van der Waals surface area contributed by atoms with Crippen LogP contribution >= 0.6 is 0 Å². The summed E-state index contributed by atoms with van der Waals surface area (Å²) >= 11 is 0. The molecule has 2 nitrogen and oxygen atoms in total. The van der Waals surface area contributed by atoms with Gasteiger partial charge in [-0.05, 0) is 47.7 Å². The van der Waals surface area contributed by atoms with Gasteiger partial charge in [-0.15, -0.1) is 0 Å². The van der Waals surface area contributed by atoms with Crippen molar-refractivity contribution in [2.75, 3.05) is 5.32 Å². The number of halogens is 1. The molecule has 0 saturated carbocycles. The summed E-state index contributed by atoms with van der Waals surface area (Å²) in [5.41, 5.74) is 4.93. The largest absolute Gasteiger partial charge is 0.381 e. The molecule has 0 aliphatic carbocycles. The Hall–Kier alpha value is -1.87. The van der Waals surface area contributed by atoms with Crippen molar-refractivity contribution < 1.29 is 4.39 Å². The summed E-state index contributed by atoms with van der Waals surface area (Å²) in [6.07, 6.45) is 0. The van der Waals surface area contributed by atoms with Crippen LogP contribution in [-0.4, -0.2) is 10.9 Å². The number of benzene rings is 2. The Morgan fingerprint density at radius 2 is 1.87 bits per heavy atom. The van der Waals surface area contributed by atoms with E-state index in [0.29, 0.717) is 18.5 Å². The lowest BCUT2D eigenvalue weighted by Gasteiger charge is -2.27. The number of nitrogens with one attached hydrogen (secondary N) is 1. The van der Waals surface area contributed by atoms with Crippen molar-refractivity contribution in [1.29, 1.82) is 0 Å². The molecule has 1 atom stereocenters. The summed E-state index contributed by atoms with van der Waals surface area (Å²) in [5, 5.41) is 3.48. The molecule has 0 radical (unpaired) electrons. The molecule has 1 unspecified atom stereocenters. The molecule has 0 saturated heterocycles. The number of anilines is 1. The van der Waals surface area contributed by atoms with Crippen LogP contribution in [-0.2, 0) is 19.6 Å². The lowest BCUT2D eigenvalue weighted by atomic mass is 10.1. The third-order valence-electron chi connectivity index (χ3n) is 4.92. The molecule has 23 heavy (non-hydrogen) atoms. The maximum absolute atomic E-state index is 13.3. The first kappa shape index (κ1) is 16.0. The molecule has 2 aromatic rings. The van der Waals surface area contributed by atoms with Crippen molar-refractivity contribution >= 4 is 5.69 Å². The Bertz CT molecular complexity index is 681. The van der Waals surface area contributed by atoms with E-state index in [9.17, 15) is 4.39 Å². The first-order valence-electron chi connectivity index (χ1n) is 8.37. The van der Waals surface area contributed by atoms with Gasteiger partial charge in [-0.1, -0.05) is 38.1 Å². The van der Waals surface area contributed by atoms with Gasteiger partial charge in [0, 0.05) is 31.4 Å². The van der Waals surface area contributed by atoms with Gasteiger partial charge in [-0.25, -0.2) is 4.39 Å². The van der Waals surface area contributed by atoms with Crippen molar-refractivity contribution in [1.82, 2.24) is 4.90 Å².